The first-order valence-electron chi connectivity index (χ1n) is 10.3. The molecule has 160 valence electrons. The normalized spacial score (nSPS) is 16.1. The Bertz CT molecular complexity index is 980. The topological polar surface area (TPSA) is 100 Å². The highest BCUT2D eigenvalue weighted by Gasteiger charge is 2.25. The highest BCUT2D eigenvalue weighted by Crippen LogP contribution is 2.22. The van der Waals surface area contributed by atoms with Crippen molar-refractivity contribution in [2.45, 2.75) is 25.9 Å². The minimum Gasteiger partial charge on any atom is -0.481 e. The fourth-order valence-electron chi connectivity index (χ4n) is 3.57. The second-order valence-electron chi connectivity index (χ2n) is 7.53. The maximum absolute atomic E-state index is 11.3. The summed E-state index contributed by atoms with van der Waals surface area (Å²) in [5.41, 5.74) is 2.22. The highest BCUT2D eigenvalue weighted by atomic mass is 16.5. The van der Waals surface area contributed by atoms with Crippen LogP contribution in [-0.4, -0.2) is 39.1 Å². The van der Waals surface area contributed by atoms with Crippen molar-refractivity contribution in [3.63, 3.8) is 0 Å². The van der Waals surface area contributed by atoms with Gasteiger partial charge in [0, 0.05) is 44.8 Å². The molecule has 8 nitrogen and oxygen atoms in total. The van der Waals surface area contributed by atoms with Crippen molar-refractivity contribution in [3.8, 4) is 11.8 Å². The van der Waals surface area contributed by atoms with Crippen LogP contribution < -0.4 is 15.0 Å². The van der Waals surface area contributed by atoms with E-state index in [1.807, 2.05) is 42.6 Å². The molecule has 2 N–H and O–H groups in total. The van der Waals surface area contributed by atoms with E-state index in [1.54, 1.807) is 18.5 Å². The quantitative estimate of drug-likeness (QED) is 0.574. The minimum atomic E-state index is -0.724. The van der Waals surface area contributed by atoms with E-state index in [4.69, 9.17) is 4.74 Å². The van der Waals surface area contributed by atoms with Crippen LogP contribution in [0.5, 0.6) is 11.8 Å². The SMILES string of the molecule is O=C(O)C1CCCN(c2ccc(CNCc3ccc(Oc4ncccn4)cc3)cn2)C1. The number of hydrogen-bond donors (Lipinski definition) is 2. The molecular formula is C23H25N5O3. The number of aromatic nitrogens is 3. The fourth-order valence-corrected chi connectivity index (χ4v) is 3.57. The van der Waals surface area contributed by atoms with Crippen molar-refractivity contribution in [2.75, 3.05) is 18.0 Å². The molecule has 0 spiro atoms. The van der Waals surface area contributed by atoms with Crippen molar-refractivity contribution in [1.82, 2.24) is 20.3 Å². The molecule has 0 amide bonds. The third-order valence-corrected chi connectivity index (χ3v) is 5.24. The summed E-state index contributed by atoms with van der Waals surface area (Å²) >= 11 is 0. The molecule has 8 heteroatoms. The Balaban J connectivity index is 1.25. The summed E-state index contributed by atoms with van der Waals surface area (Å²) in [6.07, 6.45) is 6.75. The third-order valence-electron chi connectivity index (χ3n) is 5.24. The summed E-state index contributed by atoms with van der Waals surface area (Å²) in [6, 6.07) is 13.9. The average molecular weight is 419 g/mol. The van der Waals surface area contributed by atoms with Gasteiger partial charge in [-0.2, -0.15) is 0 Å². The van der Waals surface area contributed by atoms with Gasteiger partial charge in [0.05, 0.1) is 5.92 Å². The van der Waals surface area contributed by atoms with Gasteiger partial charge in [0.2, 0.25) is 0 Å². The number of hydrogen-bond acceptors (Lipinski definition) is 7. The van der Waals surface area contributed by atoms with Crippen molar-refractivity contribution in [2.24, 2.45) is 5.92 Å². The average Bonchev–Trinajstić information content (AvgIpc) is 2.81. The van der Waals surface area contributed by atoms with E-state index in [2.05, 4.69) is 25.2 Å². The summed E-state index contributed by atoms with van der Waals surface area (Å²) in [7, 11) is 0. The van der Waals surface area contributed by atoms with Crippen LogP contribution >= 0.6 is 0 Å². The molecular weight excluding hydrogens is 394 g/mol. The number of benzene rings is 1. The molecule has 2 aromatic heterocycles. The van der Waals surface area contributed by atoms with E-state index in [1.165, 1.54) is 0 Å². The zero-order valence-corrected chi connectivity index (χ0v) is 17.1. The van der Waals surface area contributed by atoms with Crippen LogP contribution in [-0.2, 0) is 17.9 Å². The molecule has 1 saturated heterocycles. The molecule has 0 radical (unpaired) electrons. The smallest absolute Gasteiger partial charge is 0.321 e. The molecule has 1 atom stereocenters. The van der Waals surface area contributed by atoms with Gasteiger partial charge >= 0.3 is 12.0 Å². The number of anilines is 1. The molecule has 1 aliphatic heterocycles. The lowest BCUT2D eigenvalue weighted by Gasteiger charge is -2.31. The first-order chi connectivity index (χ1) is 15.2. The molecule has 1 aliphatic rings. The van der Waals surface area contributed by atoms with Crippen molar-refractivity contribution < 1.29 is 14.6 Å². The van der Waals surface area contributed by atoms with Gasteiger partial charge in [-0.15, -0.1) is 0 Å². The predicted molar refractivity (Wildman–Crippen MR) is 116 cm³/mol. The molecule has 1 unspecified atom stereocenters. The van der Waals surface area contributed by atoms with Crippen LogP contribution in [0.15, 0.2) is 61.1 Å². The van der Waals surface area contributed by atoms with Gasteiger partial charge in [-0.1, -0.05) is 18.2 Å². The van der Waals surface area contributed by atoms with Gasteiger partial charge in [0.1, 0.15) is 11.6 Å². The van der Waals surface area contributed by atoms with E-state index in [9.17, 15) is 9.90 Å². The lowest BCUT2D eigenvalue weighted by Crippen LogP contribution is -2.39. The summed E-state index contributed by atoms with van der Waals surface area (Å²) in [5.74, 6) is 0.498. The third kappa shape index (κ3) is 5.76. The number of nitrogens with zero attached hydrogens (tertiary/aromatic N) is 4. The number of nitrogens with one attached hydrogen (secondary N) is 1. The van der Waals surface area contributed by atoms with Gasteiger partial charge in [0.25, 0.3) is 0 Å². The lowest BCUT2D eigenvalue weighted by atomic mass is 9.98. The summed E-state index contributed by atoms with van der Waals surface area (Å²) in [4.78, 5) is 25.9. The maximum Gasteiger partial charge on any atom is 0.321 e. The Kier molecular flexibility index (Phi) is 6.68. The van der Waals surface area contributed by atoms with Gasteiger partial charge in [-0.3, -0.25) is 4.79 Å². The van der Waals surface area contributed by atoms with Crippen molar-refractivity contribution >= 4 is 11.8 Å². The highest BCUT2D eigenvalue weighted by molar-refractivity contribution is 5.71. The van der Waals surface area contributed by atoms with Crippen molar-refractivity contribution in [3.05, 3.63) is 72.2 Å². The van der Waals surface area contributed by atoms with Gasteiger partial charge < -0.3 is 20.1 Å². The van der Waals surface area contributed by atoms with E-state index < -0.39 is 5.97 Å². The molecule has 3 aromatic rings. The zero-order chi connectivity index (χ0) is 21.5. The molecule has 0 saturated carbocycles. The Morgan fingerprint density at radius 3 is 2.52 bits per heavy atom. The van der Waals surface area contributed by atoms with Crippen LogP contribution in [0.25, 0.3) is 0 Å². The molecule has 31 heavy (non-hydrogen) atoms. The molecule has 0 aliphatic carbocycles. The molecule has 4 rings (SSSR count). The van der Waals surface area contributed by atoms with Gasteiger partial charge in [-0.25, -0.2) is 15.0 Å². The number of carbonyl (C=O) groups is 1. The number of piperidine rings is 1. The Labute approximate surface area is 180 Å². The van der Waals surface area contributed by atoms with E-state index in [-0.39, 0.29) is 5.92 Å². The number of aliphatic carboxylic acids is 1. The molecule has 0 bridgehead atoms. The van der Waals surface area contributed by atoms with E-state index in [0.29, 0.717) is 24.8 Å². The summed E-state index contributed by atoms with van der Waals surface area (Å²) < 4.78 is 5.60. The van der Waals surface area contributed by atoms with Gasteiger partial charge in [-0.05, 0) is 48.2 Å². The van der Waals surface area contributed by atoms with Crippen LogP contribution in [0, 0.1) is 5.92 Å². The zero-order valence-electron chi connectivity index (χ0n) is 17.1. The van der Waals surface area contributed by atoms with Crippen molar-refractivity contribution in [1.29, 1.82) is 0 Å². The van der Waals surface area contributed by atoms with Crippen LogP contribution in [0.1, 0.15) is 24.0 Å². The Morgan fingerprint density at radius 1 is 1.06 bits per heavy atom. The largest absolute Gasteiger partial charge is 0.481 e. The standard InChI is InChI=1S/C23H25N5O3/c29-22(30)19-3-1-12-28(16-19)21-9-6-18(15-27-21)14-24-13-17-4-7-20(8-5-17)31-23-25-10-2-11-26-23/h2,4-11,15,19,24H,1,3,12-14,16H2,(H,29,30). The fraction of sp³-hybridized carbons (Fsp3) is 0.304. The number of carboxylic acids is 1. The van der Waals surface area contributed by atoms with Crippen LogP contribution in [0.2, 0.25) is 0 Å². The number of carboxylic acid groups (broad SMARTS) is 1. The second kappa shape index (κ2) is 9.99. The Hall–Kier alpha value is -3.52. The first kappa shape index (κ1) is 20.7. The second-order valence-corrected chi connectivity index (χ2v) is 7.53. The molecule has 1 aromatic carbocycles. The molecule has 3 heterocycles. The predicted octanol–water partition coefficient (Wildman–Crippen LogP) is 3.25. The maximum atomic E-state index is 11.3. The van der Waals surface area contributed by atoms with E-state index >= 15 is 0 Å². The van der Waals surface area contributed by atoms with Gasteiger partial charge in [0.15, 0.2) is 0 Å². The monoisotopic (exact) mass is 419 g/mol. The van der Waals surface area contributed by atoms with Crippen LogP contribution in [0.3, 0.4) is 0 Å². The first-order valence-corrected chi connectivity index (χ1v) is 10.3. The summed E-state index contributed by atoms with van der Waals surface area (Å²) in [5, 5.41) is 12.7. The minimum absolute atomic E-state index is 0.311. The number of rotatable bonds is 8. The van der Waals surface area contributed by atoms with E-state index in [0.717, 1.165) is 42.9 Å². The molecule has 1 fully saturated rings. The summed E-state index contributed by atoms with van der Waals surface area (Å²) in [6.45, 7) is 2.79. The number of ether oxygens (including phenoxy) is 1. The lowest BCUT2D eigenvalue weighted by molar-refractivity contribution is -0.141. The Morgan fingerprint density at radius 2 is 1.81 bits per heavy atom. The number of pyridine rings is 1. The van der Waals surface area contributed by atoms with Crippen LogP contribution in [0.4, 0.5) is 5.82 Å².